The highest BCUT2D eigenvalue weighted by Gasteiger charge is 2.49. The number of rotatable bonds is 5. The number of ether oxygens (including phenoxy) is 2. The van der Waals surface area contributed by atoms with Crippen LogP contribution in [0.2, 0.25) is 0 Å². The number of fused-ring (bicyclic) bond motifs is 1. The van der Waals surface area contributed by atoms with Crippen molar-refractivity contribution in [1.29, 1.82) is 0 Å². The van der Waals surface area contributed by atoms with Gasteiger partial charge in [-0.25, -0.2) is 0 Å². The van der Waals surface area contributed by atoms with Crippen molar-refractivity contribution < 1.29 is 23.9 Å². The molecule has 2 rings (SSSR count). The Balaban J connectivity index is 2.35. The van der Waals surface area contributed by atoms with Crippen molar-refractivity contribution in [3.05, 3.63) is 35.4 Å². The van der Waals surface area contributed by atoms with Crippen LogP contribution in [0.4, 0.5) is 0 Å². The Hall–Kier alpha value is -2.17. The van der Waals surface area contributed by atoms with E-state index >= 15 is 0 Å². The third-order valence-corrected chi connectivity index (χ3v) is 4.17. The van der Waals surface area contributed by atoms with Gasteiger partial charge >= 0.3 is 11.9 Å². The number of carbonyl (C=O) groups excluding carboxylic acids is 3. The molecule has 1 aliphatic carbocycles. The van der Waals surface area contributed by atoms with Crippen LogP contribution in [0.3, 0.4) is 0 Å². The van der Waals surface area contributed by atoms with Gasteiger partial charge in [-0.15, -0.1) is 0 Å². The van der Waals surface area contributed by atoms with Crippen LogP contribution < -0.4 is 0 Å². The van der Waals surface area contributed by atoms with Crippen molar-refractivity contribution in [3.8, 4) is 0 Å². The number of esters is 2. The first-order valence-electron chi connectivity index (χ1n) is 7.42. The maximum absolute atomic E-state index is 12.9. The predicted molar refractivity (Wildman–Crippen MR) is 79.4 cm³/mol. The van der Waals surface area contributed by atoms with Gasteiger partial charge in [-0.3, -0.25) is 14.4 Å². The Kier molecular flexibility index (Phi) is 4.96. The molecule has 1 aromatic rings. The van der Waals surface area contributed by atoms with E-state index in [-0.39, 0.29) is 25.2 Å². The van der Waals surface area contributed by atoms with Gasteiger partial charge in [0.1, 0.15) is 5.41 Å². The molecule has 0 aliphatic heterocycles. The second-order valence-corrected chi connectivity index (χ2v) is 5.36. The fraction of sp³-hybridized carbons (Fsp3) is 0.471. The quantitative estimate of drug-likeness (QED) is 0.617. The summed E-state index contributed by atoms with van der Waals surface area (Å²) in [7, 11) is 1.29. The summed E-state index contributed by atoms with van der Waals surface area (Å²) >= 11 is 0. The molecule has 0 spiro atoms. The topological polar surface area (TPSA) is 69.7 Å². The summed E-state index contributed by atoms with van der Waals surface area (Å²) < 4.78 is 9.75. The molecule has 118 valence electrons. The zero-order valence-electron chi connectivity index (χ0n) is 12.9. The van der Waals surface area contributed by atoms with E-state index in [1.807, 2.05) is 12.1 Å². The summed E-state index contributed by atoms with van der Waals surface area (Å²) in [5.41, 5.74) is 0.204. The van der Waals surface area contributed by atoms with Gasteiger partial charge in [-0.2, -0.15) is 0 Å². The summed E-state index contributed by atoms with van der Waals surface area (Å²) in [6, 6.07) is 7.27. The molecule has 0 radical (unpaired) electrons. The molecule has 1 aliphatic rings. The second kappa shape index (κ2) is 6.73. The Morgan fingerprint density at radius 2 is 2.00 bits per heavy atom. The number of carbonyl (C=O) groups is 3. The normalized spacial score (nSPS) is 20.2. The highest BCUT2D eigenvalue weighted by Crippen LogP contribution is 2.40. The van der Waals surface area contributed by atoms with E-state index < -0.39 is 17.4 Å². The van der Waals surface area contributed by atoms with Crippen LogP contribution in [0.5, 0.6) is 0 Å². The number of methoxy groups -OCH3 is 1. The monoisotopic (exact) mass is 304 g/mol. The molecular weight excluding hydrogens is 284 g/mol. The molecule has 0 saturated carbocycles. The molecule has 1 unspecified atom stereocenters. The summed E-state index contributed by atoms with van der Waals surface area (Å²) in [5.74, 6) is -1.23. The van der Waals surface area contributed by atoms with Crippen molar-refractivity contribution in [3.63, 3.8) is 0 Å². The maximum Gasteiger partial charge on any atom is 0.320 e. The van der Waals surface area contributed by atoms with Gasteiger partial charge in [0.2, 0.25) is 0 Å². The van der Waals surface area contributed by atoms with Crippen molar-refractivity contribution in [2.24, 2.45) is 5.41 Å². The third kappa shape index (κ3) is 2.89. The molecule has 5 nitrogen and oxygen atoms in total. The van der Waals surface area contributed by atoms with Gasteiger partial charge in [0.05, 0.1) is 13.7 Å². The predicted octanol–water partition coefficient (Wildman–Crippen LogP) is 2.32. The van der Waals surface area contributed by atoms with Crippen molar-refractivity contribution >= 4 is 17.7 Å². The van der Waals surface area contributed by atoms with E-state index in [2.05, 4.69) is 4.74 Å². The fourth-order valence-corrected chi connectivity index (χ4v) is 2.90. The van der Waals surface area contributed by atoms with Gasteiger partial charge in [0.15, 0.2) is 5.78 Å². The van der Waals surface area contributed by atoms with Crippen molar-refractivity contribution in [2.75, 3.05) is 13.7 Å². The Morgan fingerprint density at radius 3 is 2.68 bits per heavy atom. The molecule has 0 N–H and O–H groups in total. The highest BCUT2D eigenvalue weighted by molar-refractivity contribution is 6.14. The summed E-state index contributed by atoms with van der Waals surface area (Å²) in [6.07, 6.45) is 1.11. The molecule has 0 aromatic heterocycles. The van der Waals surface area contributed by atoms with Crippen LogP contribution >= 0.6 is 0 Å². The average Bonchev–Trinajstić information content (AvgIpc) is 2.54. The Labute approximate surface area is 129 Å². The molecule has 1 atom stereocenters. The minimum absolute atomic E-state index is 0.0171. The SMILES string of the molecule is CCOC(=O)C1(CCC(=O)OC)CCc2ccccc2C1=O. The zero-order chi connectivity index (χ0) is 16.2. The number of benzene rings is 1. The number of hydrogen-bond acceptors (Lipinski definition) is 5. The van der Waals surface area contributed by atoms with E-state index in [0.717, 1.165) is 5.56 Å². The Bertz CT molecular complexity index is 592. The van der Waals surface area contributed by atoms with Gasteiger partial charge < -0.3 is 9.47 Å². The van der Waals surface area contributed by atoms with Crippen molar-refractivity contribution in [1.82, 2.24) is 0 Å². The first kappa shape index (κ1) is 16.2. The maximum atomic E-state index is 12.9. The summed E-state index contributed by atoms with van der Waals surface area (Å²) in [4.78, 5) is 36.8. The lowest BCUT2D eigenvalue weighted by atomic mass is 9.68. The van der Waals surface area contributed by atoms with Crippen molar-refractivity contribution in [2.45, 2.75) is 32.6 Å². The van der Waals surface area contributed by atoms with Crippen LogP contribution in [0.1, 0.15) is 42.1 Å². The molecule has 0 fully saturated rings. The van der Waals surface area contributed by atoms with Crippen LogP contribution in [0, 0.1) is 5.41 Å². The standard InChI is InChI=1S/C17H20O5/c1-3-22-16(20)17(11-9-14(18)21-2)10-8-12-6-4-5-7-13(12)15(17)19/h4-7H,3,8-11H2,1-2H3. The summed E-state index contributed by atoms with van der Waals surface area (Å²) in [6.45, 7) is 1.90. The molecular formula is C17H20O5. The molecule has 0 heterocycles. The summed E-state index contributed by atoms with van der Waals surface area (Å²) in [5, 5.41) is 0. The smallest absolute Gasteiger partial charge is 0.320 e. The Morgan fingerprint density at radius 1 is 1.27 bits per heavy atom. The van der Waals surface area contributed by atoms with Crippen LogP contribution in [-0.2, 0) is 25.5 Å². The van der Waals surface area contributed by atoms with E-state index in [4.69, 9.17) is 4.74 Å². The average molecular weight is 304 g/mol. The number of ketones is 1. The van der Waals surface area contributed by atoms with Gasteiger partial charge in [-0.1, -0.05) is 24.3 Å². The second-order valence-electron chi connectivity index (χ2n) is 5.36. The first-order chi connectivity index (χ1) is 10.5. The zero-order valence-corrected chi connectivity index (χ0v) is 12.9. The van der Waals surface area contributed by atoms with Gasteiger partial charge in [0.25, 0.3) is 0 Å². The van der Waals surface area contributed by atoms with E-state index in [1.165, 1.54) is 7.11 Å². The number of hydrogen-bond donors (Lipinski definition) is 0. The first-order valence-corrected chi connectivity index (χ1v) is 7.42. The lowest BCUT2D eigenvalue weighted by molar-refractivity contribution is -0.154. The highest BCUT2D eigenvalue weighted by atomic mass is 16.5. The lowest BCUT2D eigenvalue weighted by Gasteiger charge is -2.34. The lowest BCUT2D eigenvalue weighted by Crippen LogP contribution is -2.44. The molecule has 5 heteroatoms. The number of aryl methyl sites for hydroxylation is 1. The molecule has 0 amide bonds. The van der Waals surface area contributed by atoms with E-state index in [0.29, 0.717) is 18.4 Å². The minimum Gasteiger partial charge on any atom is -0.469 e. The van der Waals surface area contributed by atoms with Gasteiger partial charge in [0, 0.05) is 12.0 Å². The molecule has 22 heavy (non-hydrogen) atoms. The van der Waals surface area contributed by atoms with Gasteiger partial charge in [-0.05, 0) is 31.7 Å². The minimum atomic E-state index is -1.28. The molecule has 0 bridgehead atoms. The molecule has 1 aromatic carbocycles. The number of Topliss-reactive ketones (excluding diaryl/α,β-unsaturated/α-hetero) is 1. The third-order valence-electron chi connectivity index (χ3n) is 4.17. The van der Waals surface area contributed by atoms with Crippen LogP contribution in [0.25, 0.3) is 0 Å². The van der Waals surface area contributed by atoms with Crippen LogP contribution in [-0.4, -0.2) is 31.4 Å². The van der Waals surface area contributed by atoms with E-state index in [9.17, 15) is 14.4 Å². The van der Waals surface area contributed by atoms with E-state index in [1.54, 1.807) is 19.1 Å². The largest absolute Gasteiger partial charge is 0.469 e. The molecule has 0 saturated heterocycles. The fourth-order valence-electron chi connectivity index (χ4n) is 2.90. The van der Waals surface area contributed by atoms with Crippen LogP contribution in [0.15, 0.2) is 24.3 Å².